The van der Waals surface area contributed by atoms with Crippen molar-refractivity contribution in [2.45, 2.75) is 43.7 Å². The zero-order chi connectivity index (χ0) is 12.9. The molecule has 0 unspecified atom stereocenters. The molecule has 16 heavy (non-hydrogen) atoms. The van der Waals surface area contributed by atoms with E-state index < -0.39 is 36.4 Å². The van der Waals surface area contributed by atoms with Crippen LogP contribution < -0.4 is 5.73 Å². The van der Waals surface area contributed by atoms with Gasteiger partial charge in [-0.15, -0.1) is 0 Å². The van der Waals surface area contributed by atoms with Crippen LogP contribution in [0.3, 0.4) is 0 Å². The van der Waals surface area contributed by atoms with Crippen molar-refractivity contribution in [2.75, 3.05) is 6.61 Å². The highest BCUT2D eigenvalue weighted by Crippen LogP contribution is 2.21. The third kappa shape index (κ3) is 3.13. The van der Waals surface area contributed by atoms with Crippen LogP contribution in [-0.2, 0) is 4.79 Å². The Morgan fingerprint density at radius 2 is 1.88 bits per heavy atom. The molecule has 0 aromatic heterocycles. The predicted molar refractivity (Wildman–Crippen MR) is 54.2 cm³/mol. The van der Waals surface area contributed by atoms with Crippen molar-refractivity contribution >= 4 is 5.91 Å². The van der Waals surface area contributed by atoms with Crippen molar-refractivity contribution in [1.82, 2.24) is 0 Å². The van der Waals surface area contributed by atoms with Gasteiger partial charge in [-0.05, 0) is 6.42 Å². The first kappa shape index (κ1) is 15.3. The van der Waals surface area contributed by atoms with Gasteiger partial charge in [0.25, 0.3) is 5.91 Å². The second-order valence-corrected chi connectivity index (χ2v) is 3.72. The van der Waals surface area contributed by atoms with Gasteiger partial charge in [0, 0.05) is 0 Å². The molecule has 0 aliphatic heterocycles. The van der Waals surface area contributed by atoms with Gasteiger partial charge in [-0.3, -0.25) is 4.79 Å². The average Bonchev–Trinajstić information content (AvgIpc) is 2.25. The SMILES string of the molecule is CCC[C@](O)(C(N)=O)[C@@H](O)[C@H](O)[C@H](O)CO. The maximum Gasteiger partial charge on any atom is 0.252 e. The molecule has 0 spiro atoms. The van der Waals surface area contributed by atoms with Gasteiger partial charge < -0.3 is 31.3 Å². The maximum atomic E-state index is 11.0. The Morgan fingerprint density at radius 3 is 2.19 bits per heavy atom. The van der Waals surface area contributed by atoms with Crippen molar-refractivity contribution in [3.05, 3.63) is 0 Å². The molecule has 0 bridgehead atoms. The Bertz CT molecular complexity index is 236. The number of carbonyl (C=O) groups is 1. The maximum absolute atomic E-state index is 11.0. The molecule has 0 aliphatic rings. The van der Waals surface area contributed by atoms with E-state index in [1.54, 1.807) is 6.92 Å². The molecule has 0 fully saturated rings. The van der Waals surface area contributed by atoms with E-state index in [1.165, 1.54) is 0 Å². The summed E-state index contributed by atoms with van der Waals surface area (Å²) in [5.41, 5.74) is 2.62. The molecule has 7 N–H and O–H groups in total. The zero-order valence-corrected chi connectivity index (χ0v) is 9.08. The molecular formula is C9H19NO6. The van der Waals surface area contributed by atoms with Gasteiger partial charge in [-0.25, -0.2) is 0 Å². The summed E-state index contributed by atoms with van der Waals surface area (Å²) in [6.07, 6.45) is -5.27. The van der Waals surface area contributed by atoms with Crippen LogP contribution in [0.2, 0.25) is 0 Å². The van der Waals surface area contributed by atoms with Gasteiger partial charge in [0.1, 0.15) is 18.3 Å². The number of carbonyl (C=O) groups excluding carboxylic acids is 1. The molecule has 0 heterocycles. The standard InChI is InChI=1S/C9H19NO6/c1-2-3-9(16,8(10)15)7(14)6(13)5(12)4-11/h5-7,11-14,16H,2-4H2,1H3,(H2,10,15)/t5-,6-,7+,9-/m1/s1. The number of hydrogen-bond donors (Lipinski definition) is 6. The lowest BCUT2D eigenvalue weighted by Crippen LogP contribution is -2.60. The van der Waals surface area contributed by atoms with E-state index in [0.717, 1.165) is 0 Å². The zero-order valence-electron chi connectivity index (χ0n) is 9.08. The van der Waals surface area contributed by atoms with Crippen LogP contribution in [-0.4, -0.2) is 62.0 Å². The normalized spacial score (nSPS) is 20.9. The van der Waals surface area contributed by atoms with Crippen LogP contribution >= 0.6 is 0 Å². The first-order chi connectivity index (χ1) is 7.31. The molecule has 7 nitrogen and oxygen atoms in total. The summed E-state index contributed by atoms with van der Waals surface area (Å²) in [5, 5.41) is 46.4. The Kier molecular flexibility index (Phi) is 5.84. The van der Waals surface area contributed by atoms with E-state index in [4.69, 9.17) is 15.9 Å². The van der Waals surface area contributed by atoms with Gasteiger partial charge in [-0.1, -0.05) is 13.3 Å². The number of nitrogens with two attached hydrogens (primary N) is 1. The molecular weight excluding hydrogens is 218 g/mol. The van der Waals surface area contributed by atoms with Gasteiger partial charge in [0.15, 0.2) is 5.60 Å². The van der Waals surface area contributed by atoms with Gasteiger partial charge in [-0.2, -0.15) is 0 Å². The average molecular weight is 237 g/mol. The minimum absolute atomic E-state index is 0.154. The Balaban J connectivity index is 4.87. The molecule has 0 aromatic rings. The molecule has 7 heteroatoms. The molecule has 96 valence electrons. The van der Waals surface area contributed by atoms with Crippen molar-refractivity contribution in [3.8, 4) is 0 Å². The number of aliphatic hydroxyl groups excluding tert-OH is 4. The molecule has 0 aromatic carbocycles. The highest BCUT2D eigenvalue weighted by atomic mass is 16.4. The van der Waals surface area contributed by atoms with E-state index in [1.807, 2.05) is 0 Å². The van der Waals surface area contributed by atoms with E-state index in [9.17, 15) is 20.1 Å². The van der Waals surface area contributed by atoms with Crippen molar-refractivity contribution in [1.29, 1.82) is 0 Å². The molecule has 4 atom stereocenters. The first-order valence-corrected chi connectivity index (χ1v) is 4.98. The van der Waals surface area contributed by atoms with E-state index in [-0.39, 0.29) is 6.42 Å². The van der Waals surface area contributed by atoms with Crippen LogP contribution in [0.1, 0.15) is 19.8 Å². The third-order valence-corrected chi connectivity index (χ3v) is 2.45. The highest BCUT2D eigenvalue weighted by Gasteiger charge is 2.46. The van der Waals surface area contributed by atoms with E-state index in [0.29, 0.717) is 6.42 Å². The topological polar surface area (TPSA) is 144 Å². The summed E-state index contributed by atoms with van der Waals surface area (Å²) in [5.74, 6) is -1.19. The summed E-state index contributed by atoms with van der Waals surface area (Å²) >= 11 is 0. The molecule has 0 rings (SSSR count). The third-order valence-electron chi connectivity index (χ3n) is 2.45. The van der Waals surface area contributed by atoms with Gasteiger partial charge >= 0.3 is 0 Å². The second kappa shape index (κ2) is 6.12. The van der Waals surface area contributed by atoms with E-state index in [2.05, 4.69) is 0 Å². The summed E-state index contributed by atoms with van der Waals surface area (Å²) in [7, 11) is 0. The molecule has 0 saturated heterocycles. The fourth-order valence-corrected chi connectivity index (χ4v) is 1.40. The second-order valence-electron chi connectivity index (χ2n) is 3.72. The lowest BCUT2D eigenvalue weighted by atomic mass is 9.86. The van der Waals surface area contributed by atoms with Crippen molar-refractivity contribution < 1.29 is 30.3 Å². The number of primary amides is 1. The Morgan fingerprint density at radius 1 is 1.38 bits per heavy atom. The minimum atomic E-state index is -2.32. The quantitative estimate of drug-likeness (QED) is 0.280. The van der Waals surface area contributed by atoms with Crippen LogP contribution in [0.4, 0.5) is 0 Å². The fourth-order valence-electron chi connectivity index (χ4n) is 1.40. The summed E-state index contributed by atoms with van der Waals surface area (Å²) in [6.45, 7) is 0.842. The summed E-state index contributed by atoms with van der Waals surface area (Å²) in [4.78, 5) is 11.0. The monoisotopic (exact) mass is 237 g/mol. The predicted octanol–water partition coefficient (Wildman–Crippen LogP) is -2.92. The molecule has 0 aliphatic carbocycles. The first-order valence-electron chi connectivity index (χ1n) is 4.98. The smallest absolute Gasteiger partial charge is 0.252 e. The molecule has 0 saturated carbocycles. The van der Waals surface area contributed by atoms with Crippen LogP contribution in [0.25, 0.3) is 0 Å². The molecule has 0 radical (unpaired) electrons. The van der Waals surface area contributed by atoms with Gasteiger partial charge in [0.2, 0.25) is 0 Å². The lowest BCUT2D eigenvalue weighted by molar-refractivity contribution is -0.175. The number of hydrogen-bond acceptors (Lipinski definition) is 6. The van der Waals surface area contributed by atoms with Crippen LogP contribution in [0.15, 0.2) is 0 Å². The largest absolute Gasteiger partial charge is 0.394 e. The van der Waals surface area contributed by atoms with Crippen LogP contribution in [0, 0.1) is 0 Å². The lowest BCUT2D eigenvalue weighted by Gasteiger charge is -2.33. The summed E-state index contributed by atoms with van der Waals surface area (Å²) in [6, 6.07) is 0. The minimum Gasteiger partial charge on any atom is -0.394 e. The molecule has 1 amide bonds. The van der Waals surface area contributed by atoms with Crippen LogP contribution in [0.5, 0.6) is 0 Å². The Labute approximate surface area is 93.1 Å². The van der Waals surface area contributed by atoms with Crippen molar-refractivity contribution in [2.24, 2.45) is 5.73 Å². The van der Waals surface area contributed by atoms with Gasteiger partial charge in [0.05, 0.1) is 6.61 Å². The van der Waals surface area contributed by atoms with E-state index >= 15 is 0 Å². The van der Waals surface area contributed by atoms with Crippen molar-refractivity contribution in [3.63, 3.8) is 0 Å². The summed E-state index contributed by atoms with van der Waals surface area (Å²) < 4.78 is 0. The highest BCUT2D eigenvalue weighted by molar-refractivity contribution is 5.84. The fraction of sp³-hybridized carbons (Fsp3) is 0.889. The number of rotatable bonds is 7. The Hall–Kier alpha value is -0.730. The number of amides is 1. The number of aliphatic hydroxyl groups is 5.